The van der Waals surface area contributed by atoms with Crippen LogP contribution in [0.15, 0.2) is 24.3 Å². The third-order valence-electron chi connectivity index (χ3n) is 5.49. The van der Waals surface area contributed by atoms with E-state index in [2.05, 4.69) is 4.90 Å². The fraction of sp³-hybridized carbons (Fsp3) is 0.435. The summed E-state index contributed by atoms with van der Waals surface area (Å²) in [6.45, 7) is 2.37. The van der Waals surface area contributed by atoms with E-state index in [1.54, 1.807) is 31.1 Å². The molecule has 1 aromatic carbocycles. The predicted octanol–water partition coefficient (Wildman–Crippen LogP) is 3.08. The van der Waals surface area contributed by atoms with Gasteiger partial charge in [-0.25, -0.2) is 0 Å². The fourth-order valence-corrected chi connectivity index (χ4v) is 5.42. The average Bonchev–Trinajstić information content (AvgIpc) is 3.06. The molecule has 166 valence electrons. The molecule has 2 amide bonds. The zero-order chi connectivity index (χ0) is 22.5. The van der Waals surface area contributed by atoms with Crippen LogP contribution in [-0.4, -0.2) is 54.6 Å². The Morgan fingerprint density at radius 1 is 1.16 bits per heavy atom. The van der Waals surface area contributed by atoms with Crippen LogP contribution in [0, 0.1) is 0 Å². The van der Waals surface area contributed by atoms with Gasteiger partial charge in [0.1, 0.15) is 5.78 Å². The van der Waals surface area contributed by atoms with Crippen molar-refractivity contribution < 1.29 is 14.4 Å². The van der Waals surface area contributed by atoms with Crippen LogP contribution in [0.1, 0.15) is 44.1 Å². The van der Waals surface area contributed by atoms with Gasteiger partial charge in [-0.05, 0) is 42.6 Å². The van der Waals surface area contributed by atoms with E-state index in [9.17, 15) is 14.4 Å². The normalized spacial score (nSPS) is 13.6. The highest BCUT2D eigenvalue weighted by atomic mass is 35.5. The molecule has 1 aliphatic heterocycles. The standard InChI is InChI=1S/C23H28ClN3O3S/c1-26(2)21(29)4-3-10-27-11-9-18-20(14-27)31-19(22(18)23(25)30)13-17(28)12-15-5-7-16(24)8-6-15/h5-8H,3-4,9-14H2,1-2H3,(H2,25,30). The van der Waals surface area contributed by atoms with Gasteiger partial charge < -0.3 is 10.6 Å². The number of hydrogen-bond acceptors (Lipinski definition) is 5. The monoisotopic (exact) mass is 461 g/mol. The van der Waals surface area contributed by atoms with Gasteiger partial charge in [-0.1, -0.05) is 23.7 Å². The van der Waals surface area contributed by atoms with Crippen molar-refractivity contribution in [2.24, 2.45) is 5.73 Å². The van der Waals surface area contributed by atoms with Crippen LogP contribution in [0.25, 0.3) is 0 Å². The summed E-state index contributed by atoms with van der Waals surface area (Å²) in [5.41, 5.74) is 8.12. The van der Waals surface area contributed by atoms with E-state index in [-0.39, 0.29) is 18.1 Å². The molecule has 0 aliphatic carbocycles. The number of halogens is 1. The maximum atomic E-state index is 12.7. The quantitative estimate of drug-likeness (QED) is 0.622. The number of thiophene rings is 1. The van der Waals surface area contributed by atoms with Gasteiger partial charge in [-0.15, -0.1) is 11.3 Å². The molecule has 6 nitrogen and oxygen atoms in total. The van der Waals surface area contributed by atoms with Crippen LogP contribution in [-0.2, 0) is 35.4 Å². The number of nitrogens with zero attached hydrogens (tertiary/aromatic N) is 2. The summed E-state index contributed by atoms with van der Waals surface area (Å²) in [6, 6.07) is 7.22. The highest BCUT2D eigenvalue weighted by Gasteiger charge is 2.27. The first-order valence-corrected chi connectivity index (χ1v) is 11.6. The van der Waals surface area contributed by atoms with Crippen molar-refractivity contribution >= 4 is 40.5 Å². The molecule has 2 heterocycles. The van der Waals surface area contributed by atoms with E-state index >= 15 is 0 Å². The molecule has 1 aromatic heterocycles. The summed E-state index contributed by atoms with van der Waals surface area (Å²) in [4.78, 5) is 42.4. The predicted molar refractivity (Wildman–Crippen MR) is 124 cm³/mol. The molecular formula is C23H28ClN3O3S. The second-order valence-electron chi connectivity index (χ2n) is 8.10. The van der Waals surface area contributed by atoms with Crippen LogP contribution in [0.4, 0.5) is 0 Å². The van der Waals surface area contributed by atoms with E-state index in [1.165, 1.54) is 11.3 Å². The molecule has 0 saturated carbocycles. The largest absolute Gasteiger partial charge is 0.366 e. The van der Waals surface area contributed by atoms with Crippen molar-refractivity contribution in [3.63, 3.8) is 0 Å². The number of amides is 2. The summed E-state index contributed by atoms with van der Waals surface area (Å²) < 4.78 is 0. The zero-order valence-electron chi connectivity index (χ0n) is 17.9. The molecule has 1 aliphatic rings. The lowest BCUT2D eigenvalue weighted by Crippen LogP contribution is -2.32. The number of carbonyl (C=O) groups excluding carboxylic acids is 3. The number of Topliss-reactive ketones (excluding diaryl/α,β-unsaturated/α-hetero) is 1. The smallest absolute Gasteiger partial charge is 0.250 e. The lowest BCUT2D eigenvalue weighted by molar-refractivity contribution is -0.128. The topological polar surface area (TPSA) is 83.7 Å². The van der Waals surface area contributed by atoms with Crippen molar-refractivity contribution in [1.29, 1.82) is 0 Å². The van der Waals surface area contributed by atoms with Crippen molar-refractivity contribution in [3.05, 3.63) is 55.7 Å². The Bertz CT molecular complexity index is 969. The van der Waals surface area contributed by atoms with Crippen molar-refractivity contribution in [2.75, 3.05) is 27.2 Å². The first-order chi connectivity index (χ1) is 14.7. The average molecular weight is 462 g/mol. The number of nitrogens with two attached hydrogens (primary N) is 1. The Hall–Kier alpha value is -2.22. The summed E-state index contributed by atoms with van der Waals surface area (Å²) in [5, 5.41) is 0.633. The van der Waals surface area contributed by atoms with Crippen LogP contribution >= 0.6 is 22.9 Å². The van der Waals surface area contributed by atoms with Gasteiger partial charge in [0.15, 0.2) is 0 Å². The minimum atomic E-state index is -0.461. The molecule has 0 atom stereocenters. The number of rotatable bonds is 9. The Morgan fingerprint density at radius 3 is 2.52 bits per heavy atom. The highest BCUT2D eigenvalue weighted by molar-refractivity contribution is 7.12. The van der Waals surface area contributed by atoms with Crippen molar-refractivity contribution in [2.45, 2.75) is 38.6 Å². The highest BCUT2D eigenvalue weighted by Crippen LogP contribution is 2.34. The minimum Gasteiger partial charge on any atom is -0.366 e. The molecule has 0 fully saturated rings. The van der Waals surface area contributed by atoms with Crippen LogP contribution in [0.5, 0.6) is 0 Å². The van der Waals surface area contributed by atoms with Gasteiger partial charge in [-0.3, -0.25) is 19.3 Å². The molecule has 2 N–H and O–H groups in total. The van der Waals surface area contributed by atoms with E-state index in [4.69, 9.17) is 17.3 Å². The van der Waals surface area contributed by atoms with Gasteiger partial charge in [0.2, 0.25) is 11.8 Å². The summed E-state index contributed by atoms with van der Waals surface area (Å²) in [5.74, 6) is -0.286. The van der Waals surface area contributed by atoms with Crippen LogP contribution < -0.4 is 5.73 Å². The SMILES string of the molecule is CN(C)C(=O)CCCN1CCc2c(sc(CC(=O)Cc3ccc(Cl)cc3)c2C(N)=O)C1. The van der Waals surface area contributed by atoms with Gasteiger partial charge in [0.25, 0.3) is 0 Å². The molecule has 0 bridgehead atoms. The van der Waals surface area contributed by atoms with E-state index < -0.39 is 5.91 Å². The Labute approximate surface area is 192 Å². The lowest BCUT2D eigenvalue weighted by atomic mass is 9.98. The molecule has 0 unspecified atom stereocenters. The van der Waals surface area contributed by atoms with Gasteiger partial charge >= 0.3 is 0 Å². The van der Waals surface area contributed by atoms with E-state index in [0.29, 0.717) is 23.4 Å². The molecular weight excluding hydrogens is 434 g/mol. The van der Waals surface area contributed by atoms with Crippen molar-refractivity contribution in [3.8, 4) is 0 Å². The molecule has 0 radical (unpaired) electrons. The molecule has 0 saturated heterocycles. The first-order valence-electron chi connectivity index (χ1n) is 10.4. The number of fused-ring (bicyclic) bond motifs is 1. The van der Waals surface area contributed by atoms with E-state index in [1.807, 2.05) is 12.1 Å². The second-order valence-corrected chi connectivity index (χ2v) is 9.73. The Kier molecular flexibility index (Phi) is 7.86. The Balaban J connectivity index is 1.66. The van der Waals surface area contributed by atoms with Crippen molar-refractivity contribution in [1.82, 2.24) is 9.80 Å². The van der Waals surface area contributed by atoms with Gasteiger partial charge in [-0.2, -0.15) is 0 Å². The van der Waals surface area contributed by atoms with Crippen LogP contribution in [0.2, 0.25) is 5.02 Å². The lowest BCUT2D eigenvalue weighted by Gasteiger charge is -2.27. The third-order valence-corrected chi connectivity index (χ3v) is 6.96. The first kappa shape index (κ1) is 23.4. The summed E-state index contributed by atoms with van der Waals surface area (Å²) in [6.07, 6.45) is 2.56. The molecule has 8 heteroatoms. The molecule has 0 spiro atoms. The number of benzene rings is 1. The minimum absolute atomic E-state index is 0.0440. The summed E-state index contributed by atoms with van der Waals surface area (Å²) >= 11 is 7.43. The molecule has 3 rings (SSSR count). The van der Waals surface area contributed by atoms with E-state index in [0.717, 1.165) is 53.4 Å². The third kappa shape index (κ3) is 6.15. The van der Waals surface area contributed by atoms with Crippen LogP contribution in [0.3, 0.4) is 0 Å². The molecule has 2 aromatic rings. The molecule has 31 heavy (non-hydrogen) atoms. The summed E-state index contributed by atoms with van der Waals surface area (Å²) in [7, 11) is 3.53. The zero-order valence-corrected chi connectivity index (χ0v) is 19.5. The second kappa shape index (κ2) is 10.4. The fourth-order valence-electron chi connectivity index (χ4n) is 3.86. The number of primary amides is 1. The number of carbonyl (C=O) groups is 3. The maximum absolute atomic E-state index is 12.7. The van der Waals surface area contributed by atoms with Gasteiger partial charge in [0.05, 0.1) is 5.56 Å². The Morgan fingerprint density at radius 2 is 1.87 bits per heavy atom. The number of ketones is 1. The maximum Gasteiger partial charge on any atom is 0.250 e. The number of hydrogen-bond donors (Lipinski definition) is 1. The van der Waals surface area contributed by atoms with Gasteiger partial charge in [0, 0.05) is 61.2 Å².